The topological polar surface area (TPSA) is 77.2 Å². The number of aromatic nitrogens is 2. The highest BCUT2D eigenvalue weighted by molar-refractivity contribution is 5.67. The van der Waals surface area contributed by atoms with Crippen LogP contribution >= 0.6 is 0 Å². The van der Waals surface area contributed by atoms with Gasteiger partial charge >= 0.3 is 12.3 Å². The summed E-state index contributed by atoms with van der Waals surface area (Å²) >= 11 is 0. The molecule has 0 unspecified atom stereocenters. The van der Waals surface area contributed by atoms with Crippen LogP contribution in [0.5, 0.6) is 0 Å². The lowest BCUT2D eigenvalue weighted by Crippen LogP contribution is -2.32. The van der Waals surface area contributed by atoms with Crippen molar-refractivity contribution in [2.24, 2.45) is 0 Å². The number of halogens is 4. The lowest BCUT2D eigenvalue weighted by molar-refractivity contribution is -0.137. The minimum absolute atomic E-state index is 0.0571. The smallest absolute Gasteiger partial charge is 0.417 e. The summed E-state index contributed by atoms with van der Waals surface area (Å²) in [6, 6.07) is 2.10. The Morgan fingerprint density at radius 2 is 1.96 bits per heavy atom. The van der Waals surface area contributed by atoms with E-state index in [4.69, 9.17) is 9.26 Å². The zero-order chi connectivity index (χ0) is 18.8. The first kappa shape index (κ1) is 18.7. The van der Waals surface area contributed by atoms with Crippen LogP contribution < -0.4 is 5.32 Å². The van der Waals surface area contributed by atoms with Crippen molar-refractivity contribution < 1.29 is 31.6 Å². The normalized spacial score (nSPS) is 12.1. The van der Waals surface area contributed by atoms with Gasteiger partial charge in [0.05, 0.1) is 17.7 Å². The molecule has 0 fully saturated rings. The van der Waals surface area contributed by atoms with Crippen molar-refractivity contribution in [2.75, 3.05) is 0 Å². The van der Waals surface area contributed by atoms with Gasteiger partial charge in [-0.05, 0) is 39.0 Å². The summed E-state index contributed by atoms with van der Waals surface area (Å²) in [6.45, 7) is 4.81. The molecule has 136 valence electrons. The fourth-order valence-electron chi connectivity index (χ4n) is 1.84. The van der Waals surface area contributed by atoms with Crippen molar-refractivity contribution >= 4 is 6.09 Å². The molecule has 1 N–H and O–H groups in total. The fourth-order valence-corrected chi connectivity index (χ4v) is 1.84. The van der Waals surface area contributed by atoms with Crippen LogP contribution in [0.15, 0.2) is 22.7 Å². The molecule has 0 radical (unpaired) electrons. The predicted molar refractivity (Wildman–Crippen MR) is 77.8 cm³/mol. The van der Waals surface area contributed by atoms with E-state index in [2.05, 4.69) is 15.5 Å². The van der Waals surface area contributed by atoms with Crippen LogP contribution in [-0.4, -0.2) is 21.8 Å². The average Bonchev–Trinajstić information content (AvgIpc) is 2.91. The molecule has 25 heavy (non-hydrogen) atoms. The number of ether oxygens (including phenoxy) is 1. The highest BCUT2D eigenvalue weighted by Crippen LogP contribution is 2.36. The van der Waals surface area contributed by atoms with Crippen LogP contribution in [0.3, 0.4) is 0 Å². The van der Waals surface area contributed by atoms with Gasteiger partial charge in [-0.1, -0.05) is 5.16 Å². The second-order valence-corrected chi connectivity index (χ2v) is 6.06. The molecule has 0 aliphatic carbocycles. The highest BCUT2D eigenvalue weighted by atomic mass is 19.4. The molecule has 6 nitrogen and oxygen atoms in total. The second kappa shape index (κ2) is 6.69. The van der Waals surface area contributed by atoms with E-state index in [1.54, 1.807) is 20.8 Å². The van der Waals surface area contributed by atoms with Gasteiger partial charge in [-0.3, -0.25) is 0 Å². The summed E-state index contributed by atoms with van der Waals surface area (Å²) in [5.41, 5.74) is -2.39. The first-order chi connectivity index (χ1) is 11.5. The number of nitrogens with one attached hydrogen (secondary N) is 1. The Labute approximate surface area is 140 Å². The van der Waals surface area contributed by atoms with E-state index < -0.39 is 40.7 Å². The summed E-state index contributed by atoms with van der Waals surface area (Å²) in [7, 11) is 0. The van der Waals surface area contributed by atoms with E-state index in [9.17, 15) is 22.4 Å². The average molecular weight is 361 g/mol. The third kappa shape index (κ3) is 5.16. The third-order valence-electron chi connectivity index (χ3n) is 2.78. The van der Waals surface area contributed by atoms with Gasteiger partial charge in [0.2, 0.25) is 0 Å². The van der Waals surface area contributed by atoms with E-state index in [-0.39, 0.29) is 12.4 Å². The van der Waals surface area contributed by atoms with Crippen LogP contribution in [-0.2, 0) is 17.5 Å². The van der Waals surface area contributed by atoms with Gasteiger partial charge in [-0.15, -0.1) is 0 Å². The summed E-state index contributed by atoms with van der Waals surface area (Å²) in [5.74, 6) is -1.53. The van der Waals surface area contributed by atoms with Crippen LogP contribution in [0.4, 0.5) is 22.4 Å². The number of hydrogen-bond acceptors (Lipinski definition) is 5. The van der Waals surface area contributed by atoms with E-state index >= 15 is 0 Å². The highest BCUT2D eigenvalue weighted by Gasteiger charge is 2.35. The van der Waals surface area contributed by atoms with Crippen molar-refractivity contribution in [2.45, 2.75) is 39.1 Å². The Bertz CT molecular complexity index is 766. The Morgan fingerprint density at radius 1 is 1.28 bits per heavy atom. The van der Waals surface area contributed by atoms with Gasteiger partial charge < -0.3 is 14.6 Å². The van der Waals surface area contributed by atoms with Gasteiger partial charge in [0.25, 0.3) is 5.89 Å². The van der Waals surface area contributed by atoms with Gasteiger partial charge in [-0.25, -0.2) is 9.18 Å². The van der Waals surface area contributed by atoms with E-state index in [0.717, 1.165) is 12.1 Å². The third-order valence-corrected chi connectivity index (χ3v) is 2.78. The first-order valence-corrected chi connectivity index (χ1v) is 7.12. The standard InChI is InChI=1S/C15H15F4N3O3/c1-14(2,3)24-13(23)20-7-11-21-12(25-22-11)9-5-4-8(16)6-10(9)15(17,18)19/h4-6H,7H2,1-3H3,(H,20,23). The first-order valence-electron chi connectivity index (χ1n) is 7.12. The molecule has 1 amide bonds. The van der Waals surface area contributed by atoms with Crippen molar-refractivity contribution in [1.29, 1.82) is 0 Å². The fraction of sp³-hybridized carbons (Fsp3) is 0.400. The summed E-state index contributed by atoms with van der Waals surface area (Å²) in [5, 5.41) is 5.83. The number of amides is 1. The molecular weight excluding hydrogens is 346 g/mol. The van der Waals surface area contributed by atoms with Crippen LogP contribution in [0, 0.1) is 5.82 Å². The summed E-state index contributed by atoms with van der Waals surface area (Å²) < 4.78 is 61.9. The molecule has 2 rings (SSSR count). The quantitative estimate of drug-likeness (QED) is 0.839. The summed E-state index contributed by atoms with van der Waals surface area (Å²) in [4.78, 5) is 15.3. The molecule has 2 aromatic rings. The Hall–Kier alpha value is -2.65. The van der Waals surface area contributed by atoms with Crippen molar-refractivity contribution in [3.8, 4) is 11.5 Å². The second-order valence-electron chi connectivity index (χ2n) is 6.06. The maximum Gasteiger partial charge on any atom is 0.417 e. The van der Waals surface area contributed by atoms with Crippen molar-refractivity contribution in [1.82, 2.24) is 15.5 Å². The van der Waals surface area contributed by atoms with Gasteiger partial charge in [-0.2, -0.15) is 18.2 Å². The van der Waals surface area contributed by atoms with Crippen molar-refractivity contribution in [3.05, 3.63) is 35.4 Å². The molecular formula is C15H15F4N3O3. The van der Waals surface area contributed by atoms with Crippen LogP contribution in [0.25, 0.3) is 11.5 Å². The van der Waals surface area contributed by atoms with E-state index in [0.29, 0.717) is 6.07 Å². The molecule has 1 aromatic heterocycles. The molecule has 1 aromatic carbocycles. The molecule has 0 spiro atoms. The number of rotatable bonds is 3. The van der Waals surface area contributed by atoms with E-state index in [1.165, 1.54) is 0 Å². The molecule has 0 saturated heterocycles. The van der Waals surface area contributed by atoms with Crippen LogP contribution in [0.1, 0.15) is 32.2 Å². The minimum Gasteiger partial charge on any atom is -0.444 e. The lowest BCUT2D eigenvalue weighted by Gasteiger charge is -2.19. The Balaban J connectivity index is 2.16. The van der Waals surface area contributed by atoms with Crippen LogP contribution in [0.2, 0.25) is 0 Å². The lowest BCUT2D eigenvalue weighted by atomic mass is 10.1. The van der Waals surface area contributed by atoms with Gasteiger partial charge in [0.1, 0.15) is 11.4 Å². The van der Waals surface area contributed by atoms with Gasteiger partial charge in [0.15, 0.2) is 5.82 Å². The molecule has 0 atom stereocenters. The molecule has 0 bridgehead atoms. The van der Waals surface area contributed by atoms with Gasteiger partial charge in [0, 0.05) is 0 Å². The zero-order valence-electron chi connectivity index (χ0n) is 13.6. The molecule has 0 aliphatic rings. The zero-order valence-corrected chi connectivity index (χ0v) is 13.6. The number of carbonyl (C=O) groups is 1. The minimum atomic E-state index is -4.79. The number of benzene rings is 1. The maximum absolute atomic E-state index is 13.1. The number of nitrogens with zero attached hydrogens (tertiary/aromatic N) is 2. The number of carbonyl (C=O) groups excluding carboxylic acids is 1. The number of alkyl carbamates (subject to hydrolysis) is 1. The molecule has 1 heterocycles. The Morgan fingerprint density at radius 3 is 2.56 bits per heavy atom. The van der Waals surface area contributed by atoms with Crippen molar-refractivity contribution in [3.63, 3.8) is 0 Å². The number of hydrogen-bond donors (Lipinski definition) is 1. The summed E-state index contributed by atoms with van der Waals surface area (Å²) in [6.07, 6.45) is -5.53. The SMILES string of the molecule is CC(C)(C)OC(=O)NCc1noc(-c2ccc(F)cc2C(F)(F)F)n1. The predicted octanol–water partition coefficient (Wildman–Crippen LogP) is 3.92. The van der Waals surface area contributed by atoms with E-state index in [1.807, 2.05) is 0 Å². The largest absolute Gasteiger partial charge is 0.444 e. The maximum atomic E-state index is 13.1. The number of alkyl halides is 3. The monoisotopic (exact) mass is 361 g/mol. The molecule has 0 aliphatic heterocycles. The Kier molecular flexibility index (Phi) is 5.00. The molecule has 0 saturated carbocycles. The molecule has 10 heteroatoms.